The van der Waals surface area contributed by atoms with E-state index >= 15 is 0 Å². The third kappa shape index (κ3) is 4.47. The van der Waals surface area contributed by atoms with E-state index in [2.05, 4.69) is 6.92 Å². The van der Waals surface area contributed by atoms with Crippen LogP contribution < -0.4 is 4.74 Å². The van der Waals surface area contributed by atoms with E-state index in [4.69, 9.17) is 9.47 Å². The van der Waals surface area contributed by atoms with Gasteiger partial charge in [0.1, 0.15) is 11.4 Å². The average Bonchev–Trinajstić information content (AvgIpc) is 2.29. The second kappa shape index (κ2) is 5.71. The van der Waals surface area contributed by atoms with Crippen molar-refractivity contribution in [3.8, 4) is 5.75 Å². The first-order valence-corrected chi connectivity index (χ1v) is 5.96. The minimum absolute atomic E-state index is 0.486. The topological polar surface area (TPSA) is 35.5 Å². The third-order valence-electron chi connectivity index (χ3n) is 2.74. The van der Waals surface area contributed by atoms with Gasteiger partial charge in [-0.3, -0.25) is 0 Å². The molecule has 0 bridgehead atoms. The Morgan fingerprint density at radius 2 is 1.76 bits per heavy atom. The number of rotatable bonds is 4. The largest absolute Gasteiger partial charge is 0.514 e. The monoisotopic (exact) mass is 236 g/mol. The van der Waals surface area contributed by atoms with Gasteiger partial charge in [0.2, 0.25) is 0 Å². The predicted octanol–water partition coefficient (Wildman–Crippen LogP) is 3.95. The molecule has 0 saturated heterocycles. The van der Waals surface area contributed by atoms with Crippen LogP contribution in [0.4, 0.5) is 4.79 Å². The van der Waals surface area contributed by atoms with Gasteiger partial charge in [-0.2, -0.15) is 0 Å². The zero-order chi connectivity index (χ0) is 12.9. The van der Waals surface area contributed by atoms with E-state index in [0.29, 0.717) is 5.75 Å². The highest BCUT2D eigenvalue weighted by molar-refractivity contribution is 5.64. The molecule has 17 heavy (non-hydrogen) atoms. The molecule has 94 valence electrons. The summed E-state index contributed by atoms with van der Waals surface area (Å²) in [5.74, 6) is 0.513. The molecule has 1 aromatic carbocycles. The predicted molar refractivity (Wildman–Crippen MR) is 67.3 cm³/mol. The molecule has 0 aliphatic heterocycles. The highest BCUT2D eigenvalue weighted by atomic mass is 16.7. The van der Waals surface area contributed by atoms with Crippen LogP contribution in [-0.4, -0.2) is 11.8 Å². The van der Waals surface area contributed by atoms with E-state index in [-0.39, 0.29) is 0 Å². The average molecular weight is 236 g/mol. The molecule has 1 aromatic rings. The molecule has 0 amide bonds. The van der Waals surface area contributed by atoms with Crippen LogP contribution in [0.3, 0.4) is 0 Å². The molecule has 3 nitrogen and oxygen atoms in total. The normalized spacial score (nSPS) is 11.1. The second-order valence-corrected chi connectivity index (χ2v) is 4.56. The molecule has 0 N–H and O–H groups in total. The van der Waals surface area contributed by atoms with Crippen LogP contribution >= 0.6 is 0 Å². The lowest BCUT2D eigenvalue weighted by Crippen LogP contribution is -2.28. The van der Waals surface area contributed by atoms with Crippen LogP contribution in [0.1, 0.15) is 39.7 Å². The number of carbonyl (C=O) groups excluding carboxylic acids is 1. The molecule has 0 fully saturated rings. The lowest BCUT2D eigenvalue weighted by Gasteiger charge is -2.22. The van der Waals surface area contributed by atoms with Gasteiger partial charge in [0.05, 0.1) is 0 Å². The van der Waals surface area contributed by atoms with E-state index in [1.807, 2.05) is 32.9 Å². The Bertz CT molecular complexity index is 366. The minimum Gasteiger partial charge on any atom is -0.428 e. The van der Waals surface area contributed by atoms with Crippen molar-refractivity contribution in [1.82, 2.24) is 0 Å². The number of carbonyl (C=O) groups is 1. The number of hydrogen-bond acceptors (Lipinski definition) is 3. The molecular formula is C14H20O3. The highest BCUT2D eigenvalue weighted by Crippen LogP contribution is 2.17. The lowest BCUT2D eigenvalue weighted by atomic mass is 10.1. The lowest BCUT2D eigenvalue weighted by molar-refractivity contribution is 0.00706. The Hall–Kier alpha value is -1.51. The smallest absolute Gasteiger partial charge is 0.428 e. The van der Waals surface area contributed by atoms with E-state index in [1.165, 1.54) is 5.56 Å². The zero-order valence-electron chi connectivity index (χ0n) is 10.9. The highest BCUT2D eigenvalue weighted by Gasteiger charge is 2.21. The van der Waals surface area contributed by atoms with Crippen molar-refractivity contribution in [3.63, 3.8) is 0 Å². The van der Waals surface area contributed by atoms with Crippen molar-refractivity contribution in [2.24, 2.45) is 0 Å². The summed E-state index contributed by atoms with van der Waals surface area (Å²) in [6.45, 7) is 7.75. The van der Waals surface area contributed by atoms with Crippen molar-refractivity contribution in [1.29, 1.82) is 0 Å². The first-order chi connectivity index (χ1) is 7.96. The molecule has 0 atom stereocenters. The van der Waals surface area contributed by atoms with Crippen LogP contribution in [0.5, 0.6) is 5.75 Å². The molecule has 0 aliphatic rings. The standard InChI is InChI=1S/C14H20O3/c1-5-11-7-9-12(10-8-11)16-13(15)17-14(3,4)6-2/h7-10H,5-6H2,1-4H3. The van der Waals surface area contributed by atoms with Gasteiger partial charge in [-0.25, -0.2) is 4.79 Å². The second-order valence-electron chi connectivity index (χ2n) is 4.56. The first-order valence-electron chi connectivity index (χ1n) is 5.96. The van der Waals surface area contributed by atoms with E-state index < -0.39 is 11.8 Å². The van der Waals surface area contributed by atoms with Gasteiger partial charge in [0, 0.05) is 0 Å². The van der Waals surface area contributed by atoms with Crippen LogP contribution in [0.2, 0.25) is 0 Å². The molecule has 0 aliphatic carbocycles. The maximum Gasteiger partial charge on any atom is 0.514 e. The quantitative estimate of drug-likeness (QED) is 0.586. The summed E-state index contributed by atoms with van der Waals surface area (Å²) in [6.07, 6.45) is 1.06. The van der Waals surface area contributed by atoms with E-state index in [9.17, 15) is 4.79 Å². The fourth-order valence-corrected chi connectivity index (χ4v) is 1.21. The van der Waals surface area contributed by atoms with Crippen LogP contribution in [-0.2, 0) is 11.2 Å². The van der Waals surface area contributed by atoms with E-state index in [0.717, 1.165) is 12.8 Å². The molecule has 0 spiro atoms. The van der Waals surface area contributed by atoms with Crippen molar-refractivity contribution in [3.05, 3.63) is 29.8 Å². The van der Waals surface area contributed by atoms with Crippen molar-refractivity contribution in [2.45, 2.75) is 46.1 Å². The summed E-state index contributed by atoms with van der Waals surface area (Å²) >= 11 is 0. The Labute approximate surface area is 103 Å². The zero-order valence-corrected chi connectivity index (χ0v) is 10.9. The van der Waals surface area contributed by atoms with Crippen molar-refractivity contribution < 1.29 is 14.3 Å². The van der Waals surface area contributed by atoms with Crippen LogP contribution in [0.25, 0.3) is 0 Å². The molecule has 0 unspecified atom stereocenters. The number of hydrogen-bond donors (Lipinski definition) is 0. The Balaban J connectivity index is 2.56. The van der Waals surface area contributed by atoms with Gasteiger partial charge in [0.15, 0.2) is 0 Å². The summed E-state index contributed by atoms with van der Waals surface area (Å²) < 4.78 is 10.3. The Morgan fingerprint density at radius 3 is 2.24 bits per heavy atom. The summed E-state index contributed by atoms with van der Waals surface area (Å²) in [7, 11) is 0. The van der Waals surface area contributed by atoms with Crippen molar-refractivity contribution >= 4 is 6.16 Å². The van der Waals surface area contributed by atoms with Gasteiger partial charge in [-0.15, -0.1) is 0 Å². The summed E-state index contributed by atoms with van der Waals surface area (Å²) in [5, 5.41) is 0. The molecule has 0 heterocycles. The molecule has 1 rings (SSSR count). The molecule has 0 aromatic heterocycles. The van der Waals surface area contributed by atoms with Gasteiger partial charge < -0.3 is 9.47 Å². The Morgan fingerprint density at radius 1 is 1.18 bits per heavy atom. The fourth-order valence-electron chi connectivity index (χ4n) is 1.21. The molecule has 0 radical (unpaired) electrons. The first kappa shape index (κ1) is 13.6. The van der Waals surface area contributed by atoms with Crippen molar-refractivity contribution in [2.75, 3.05) is 0 Å². The van der Waals surface area contributed by atoms with E-state index in [1.54, 1.807) is 12.1 Å². The maximum absolute atomic E-state index is 11.5. The fraction of sp³-hybridized carbons (Fsp3) is 0.500. The maximum atomic E-state index is 11.5. The SMILES string of the molecule is CCc1ccc(OC(=O)OC(C)(C)CC)cc1. The number of aryl methyl sites for hydroxylation is 1. The molecule has 3 heteroatoms. The van der Waals surface area contributed by atoms with Gasteiger partial charge in [0.25, 0.3) is 0 Å². The number of ether oxygens (including phenoxy) is 2. The molecule has 0 saturated carbocycles. The van der Waals surface area contributed by atoms with Crippen LogP contribution in [0, 0.1) is 0 Å². The van der Waals surface area contributed by atoms with Gasteiger partial charge >= 0.3 is 6.16 Å². The van der Waals surface area contributed by atoms with Gasteiger partial charge in [-0.1, -0.05) is 26.0 Å². The molecular weight excluding hydrogens is 216 g/mol. The Kier molecular flexibility index (Phi) is 4.55. The van der Waals surface area contributed by atoms with Gasteiger partial charge in [-0.05, 0) is 44.4 Å². The summed E-state index contributed by atoms with van der Waals surface area (Å²) in [5.41, 5.74) is 0.722. The summed E-state index contributed by atoms with van der Waals surface area (Å²) in [6, 6.07) is 7.43. The van der Waals surface area contributed by atoms with Crippen LogP contribution in [0.15, 0.2) is 24.3 Å². The third-order valence-corrected chi connectivity index (χ3v) is 2.74. The number of benzene rings is 1. The minimum atomic E-state index is -0.652. The summed E-state index contributed by atoms with van der Waals surface area (Å²) in [4.78, 5) is 11.5.